The van der Waals surface area contributed by atoms with Crippen LogP contribution in [0.4, 0.5) is 4.79 Å². The molecule has 9 nitrogen and oxygen atoms in total. The molecule has 22 heavy (non-hydrogen) atoms. The second-order valence-corrected chi connectivity index (χ2v) is 5.62. The molecule has 132 valence electrons. The number of rotatable bonds is 12. The van der Waals surface area contributed by atoms with Crippen LogP contribution in [-0.2, 0) is 39.1 Å². The maximum atomic E-state index is 11.0. The monoisotopic (exact) mass is 326 g/mol. The molecule has 0 aromatic carbocycles. The van der Waals surface area contributed by atoms with Crippen molar-refractivity contribution in [1.29, 1.82) is 0 Å². The molecule has 0 aromatic rings. The number of hydrogen-bond acceptors (Lipinski definition) is 9. The average molecular weight is 326 g/mol. The second kappa shape index (κ2) is 10.7. The van der Waals surface area contributed by atoms with Crippen molar-refractivity contribution in [2.24, 2.45) is 0 Å². The van der Waals surface area contributed by atoms with Gasteiger partial charge >= 0.3 is 6.16 Å². The minimum atomic E-state index is -1.27. The van der Waals surface area contributed by atoms with Crippen LogP contribution in [0.5, 0.6) is 0 Å². The lowest BCUT2D eigenvalue weighted by atomic mass is 10.1. The molecule has 0 heterocycles. The summed E-state index contributed by atoms with van der Waals surface area (Å²) in [5, 5.41) is 8.36. The maximum Gasteiger partial charge on any atom is 0.577 e. The minimum absolute atomic E-state index is 0.164. The summed E-state index contributed by atoms with van der Waals surface area (Å²) in [5.74, 6) is 0. The Morgan fingerprint density at radius 2 is 1.14 bits per heavy atom. The first-order valence-electron chi connectivity index (χ1n) is 6.79. The third kappa shape index (κ3) is 11.7. The van der Waals surface area contributed by atoms with Crippen molar-refractivity contribution in [3.05, 3.63) is 0 Å². The van der Waals surface area contributed by atoms with E-state index in [2.05, 4.69) is 29.6 Å². The van der Waals surface area contributed by atoms with E-state index in [-0.39, 0.29) is 24.4 Å². The zero-order valence-corrected chi connectivity index (χ0v) is 14.0. The topological polar surface area (TPSA) is 90.9 Å². The lowest BCUT2D eigenvalue weighted by molar-refractivity contribution is -0.528. The average Bonchev–Trinajstić information content (AvgIpc) is 2.46. The maximum absolute atomic E-state index is 11.0. The van der Waals surface area contributed by atoms with Crippen molar-refractivity contribution in [3.8, 4) is 0 Å². The summed E-state index contributed by atoms with van der Waals surface area (Å²) in [6, 6.07) is 0. The van der Waals surface area contributed by atoms with E-state index in [0.29, 0.717) is 12.8 Å². The van der Waals surface area contributed by atoms with Crippen LogP contribution in [0.1, 0.15) is 40.5 Å². The van der Waals surface area contributed by atoms with Crippen LogP contribution < -0.4 is 0 Å². The summed E-state index contributed by atoms with van der Waals surface area (Å²) in [4.78, 5) is 28.4. The first-order valence-corrected chi connectivity index (χ1v) is 6.79. The summed E-state index contributed by atoms with van der Waals surface area (Å²) < 4.78 is 10.3. The van der Waals surface area contributed by atoms with Gasteiger partial charge in [0.1, 0.15) is 0 Å². The van der Waals surface area contributed by atoms with Crippen LogP contribution in [0.3, 0.4) is 0 Å². The molecule has 0 atom stereocenters. The molecular weight excluding hydrogens is 300 g/mol. The van der Waals surface area contributed by atoms with Gasteiger partial charge in [0.05, 0.1) is 24.4 Å². The van der Waals surface area contributed by atoms with Crippen LogP contribution in [-0.4, -0.2) is 44.8 Å². The fourth-order valence-electron chi connectivity index (χ4n) is 0.965. The van der Waals surface area contributed by atoms with E-state index in [0.717, 1.165) is 0 Å². The molecule has 0 amide bonds. The third-order valence-corrected chi connectivity index (χ3v) is 2.98. The predicted molar refractivity (Wildman–Crippen MR) is 73.1 cm³/mol. The van der Waals surface area contributed by atoms with Gasteiger partial charge < -0.3 is 9.47 Å². The molecular formula is C13H26O9. The molecule has 0 rings (SSSR count). The molecule has 0 saturated carbocycles. The van der Waals surface area contributed by atoms with E-state index in [1.807, 2.05) is 27.7 Å². The quantitative estimate of drug-likeness (QED) is 0.305. The fraction of sp³-hybridized carbons (Fsp3) is 0.923. The Morgan fingerprint density at radius 3 is 1.45 bits per heavy atom. The van der Waals surface area contributed by atoms with Crippen molar-refractivity contribution in [1.82, 2.24) is 0 Å². The van der Waals surface area contributed by atoms with Crippen LogP contribution in [0.25, 0.3) is 0 Å². The Balaban J connectivity index is 3.48. The van der Waals surface area contributed by atoms with Gasteiger partial charge in [0.25, 0.3) is 0 Å². The Bertz CT molecular complexity index is 276. The summed E-state index contributed by atoms with van der Waals surface area (Å²) in [6.07, 6.45) is -0.190. The Labute approximate surface area is 130 Å². The van der Waals surface area contributed by atoms with Gasteiger partial charge in [-0.05, 0) is 37.8 Å². The highest BCUT2D eigenvalue weighted by Gasteiger charge is 2.17. The van der Waals surface area contributed by atoms with Crippen LogP contribution in [0, 0.1) is 0 Å². The highest BCUT2D eigenvalue weighted by atomic mass is 17.6. The van der Waals surface area contributed by atoms with E-state index in [9.17, 15) is 4.79 Å². The van der Waals surface area contributed by atoms with Gasteiger partial charge in [0, 0.05) is 27.1 Å². The number of hydrogen-bond donors (Lipinski definition) is 0. The standard InChI is InChI=1S/C13H26O9/c1-12(2,15-5)7-9-17-21-19-11(14)20-22-18-10-8-13(3,4)16-6/h7-10H2,1-6H3. The van der Waals surface area contributed by atoms with Gasteiger partial charge in [0.15, 0.2) is 0 Å². The Hall–Kier alpha value is -0.970. The van der Waals surface area contributed by atoms with Gasteiger partial charge in [-0.1, -0.05) is 0 Å². The lowest BCUT2D eigenvalue weighted by Gasteiger charge is -2.21. The van der Waals surface area contributed by atoms with E-state index in [1.54, 1.807) is 14.2 Å². The largest absolute Gasteiger partial charge is 0.577 e. The van der Waals surface area contributed by atoms with Gasteiger partial charge in [-0.3, -0.25) is 0 Å². The zero-order valence-electron chi connectivity index (χ0n) is 14.0. The molecule has 0 fully saturated rings. The zero-order chi connectivity index (χ0) is 17.1. The van der Waals surface area contributed by atoms with Gasteiger partial charge in [-0.15, -0.1) is 0 Å². The molecule has 0 unspecified atom stereocenters. The highest BCUT2D eigenvalue weighted by molar-refractivity contribution is 5.57. The van der Waals surface area contributed by atoms with E-state index < -0.39 is 6.16 Å². The summed E-state index contributed by atoms with van der Waals surface area (Å²) in [6.45, 7) is 7.83. The second-order valence-electron chi connectivity index (χ2n) is 5.62. The number of carbonyl (C=O) groups is 1. The number of ether oxygens (including phenoxy) is 2. The molecule has 0 aliphatic rings. The van der Waals surface area contributed by atoms with Crippen LogP contribution in [0.2, 0.25) is 0 Å². The van der Waals surface area contributed by atoms with Crippen molar-refractivity contribution in [2.45, 2.75) is 51.7 Å². The third-order valence-electron chi connectivity index (χ3n) is 2.98. The molecule has 0 saturated heterocycles. The summed E-state index contributed by atoms with van der Waals surface area (Å²) in [7, 11) is 3.17. The van der Waals surface area contributed by atoms with Gasteiger partial charge in [-0.25, -0.2) is 9.78 Å². The minimum Gasteiger partial charge on any atom is -0.379 e. The molecule has 0 radical (unpaired) electrons. The van der Waals surface area contributed by atoms with Gasteiger partial charge in [0.2, 0.25) is 0 Å². The number of carbonyl (C=O) groups excluding carboxylic acids is 1. The van der Waals surface area contributed by atoms with Crippen LogP contribution in [0.15, 0.2) is 0 Å². The lowest BCUT2D eigenvalue weighted by Crippen LogP contribution is -2.25. The Kier molecular flexibility index (Phi) is 10.2. The van der Waals surface area contributed by atoms with Gasteiger partial charge in [-0.2, -0.15) is 14.6 Å². The molecule has 0 aliphatic heterocycles. The molecule has 0 N–H and O–H groups in total. The van der Waals surface area contributed by atoms with E-state index >= 15 is 0 Å². The van der Waals surface area contributed by atoms with Crippen molar-refractivity contribution < 1.29 is 43.9 Å². The van der Waals surface area contributed by atoms with Crippen LogP contribution >= 0.6 is 0 Å². The molecule has 0 spiro atoms. The molecule has 0 aliphatic carbocycles. The predicted octanol–water partition coefficient (Wildman–Crippen LogP) is 2.50. The van der Waals surface area contributed by atoms with Crippen molar-refractivity contribution in [3.63, 3.8) is 0 Å². The number of methoxy groups -OCH3 is 2. The first kappa shape index (κ1) is 21.0. The highest BCUT2D eigenvalue weighted by Crippen LogP contribution is 2.13. The van der Waals surface area contributed by atoms with E-state index in [1.165, 1.54) is 0 Å². The van der Waals surface area contributed by atoms with Crippen molar-refractivity contribution in [2.75, 3.05) is 27.4 Å². The summed E-state index contributed by atoms with van der Waals surface area (Å²) in [5.41, 5.74) is -0.729. The smallest absolute Gasteiger partial charge is 0.379 e. The molecule has 0 aromatic heterocycles. The summed E-state index contributed by atoms with van der Waals surface area (Å²) >= 11 is 0. The normalized spacial score (nSPS) is 12.3. The first-order chi connectivity index (χ1) is 10.2. The van der Waals surface area contributed by atoms with E-state index in [4.69, 9.17) is 9.47 Å². The fourth-order valence-corrected chi connectivity index (χ4v) is 0.965. The Morgan fingerprint density at radius 1 is 0.773 bits per heavy atom. The molecule has 0 bridgehead atoms. The van der Waals surface area contributed by atoms with Crippen molar-refractivity contribution >= 4 is 6.16 Å². The molecule has 9 heteroatoms. The SMILES string of the molecule is COC(C)(C)CCOOOC(=O)OOOCCC(C)(C)OC.